The Labute approximate surface area is 113 Å². The Hall–Kier alpha value is -1.46. The summed E-state index contributed by atoms with van der Waals surface area (Å²) in [5.74, 6) is -0.736. The van der Waals surface area contributed by atoms with Crippen LogP contribution in [-0.4, -0.2) is 46.6 Å². The number of carboxylic acids is 1. The van der Waals surface area contributed by atoms with E-state index in [1.54, 1.807) is 0 Å². The normalized spacial score (nSPS) is 17.5. The van der Waals surface area contributed by atoms with E-state index < -0.39 is 5.97 Å². The minimum Gasteiger partial charge on any atom is -0.481 e. The van der Waals surface area contributed by atoms with Gasteiger partial charge in [-0.25, -0.2) is 0 Å². The minimum absolute atomic E-state index is 0.203. The van der Waals surface area contributed by atoms with Crippen molar-refractivity contribution in [3.63, 3.8) is 0 Å². The van der Waals surface area contributed by atoms with E-state index in [-0.39, 0.29) is 6.42 Å². The monoisotopic (exact) mass is 263 g/mol. The molecule has 1 aromatic rings. The van der Waals surface area contributed by atoms with Gasteiger partial charge in [0.15, 0.2) is 0 Å². The maximum absolute atomic E-state index is 10.4. The van der Waals surface area contributed by atoms with Crippen molar-refractivity contribution in [1.29, 1.82) is 0 Å². The third kappa shape index (κ3) is 4.96. The highest BCUT2D eigenvalue weighted by molar-refractivity contribution is 5.66. The third-order valence-corrected chi connectivity index (χ3v) is 3.47. The largest absolute Gasteiger partial charge is 0.481 e. The Balaban J connectivity index is 1.66. The smallest absolute Gasteiger partial charge is 0.304 e. The molecule has 1 saturated heterocycles. The highest BCUT2D eigenvalue weighted by atomic mass is 16.4. The lowest BCUT2D eigenvalue weighted by atomic mass is 10.0. The Morgan fingerprint density at radius 3 is 2.84 bits per heavy atom. The standard InChI is InChI=1S/C14H21N3O2/c18-14(19)4-8-16-12-5-9-17(10-6-12)11-13-3-1-2-7-15-13/h1-3,7,12,16H,4-6,8-11H2,(H,18,19). The quantitative estimate of drug-likeness (QED) is 0.805. The zero-order valence-corrected chi connectivity index (χ0v) is 11.1. The van der Waals surface area contributed by atoms with Crippen LogP contribution in [0.25, 0.3) is 0 Å². The number of pyridine rings is 1. The van der Waals surface area contributed by atoms with Crippen molar-refractivity contribution in [2.45, 2.75) is 31.8 Å². The van der Waals surface area contributed by atoms with E-state index in [1.165, 1.54) is 0 Å². The van der Waals surface area contributed by atoms with E-state index in [2.05, 4.69) is 21.3 Å². The summed E-state index contributed by atoms with van der Waals surface area (Å²) >= 11 is 0. The maximum Gasteiger partial charge on any atom is 0.304 e. The topological polar surface area (TPSA) is 65.5 Å². The molecule has 1 fully saturated rings. The lowest BCUT2D eigenvalue weighted by Gasteiger charge is -2.32. The first-order valence-corrected chi connectivity index (χ1v) is 6.81. The van der Waals surface area contributed by atoms with Gasteiger partial charge in [0, 0.05) is 38.4 Å². The number of carbonyl (C=O) groups is 1. The summed E-state index contributed by atoms with van der Waals surface area (Å²) in [4.78, 5) is 17.2. The Morgan fingerprint density at radius 1 is 1.42 bits per heavy atom. The molecule has 0 spiro atoms. The summed E-state index contributed by atoms with van der Waals surface area (Å²) in [7, 11) is 0. The van der Waals surface area contributed by atoms with E-state index in [0.717, 1.165) is 38.2 Å². The molecule has 0 saturated carbocycles. The van der Waals surface area contributed by atoms with Gasteiger partial charge in [-0.15, -0.1) is 0 Å². The van der Waals surface area contributed by atoms with E-state index in [9.17, 15) is 4.79 Å². The first kappa shape index (κ1) is 14.0. The van der Waals surface area contributed by atoms with E-state index >= 15 is 0 Å². The Morgan fingerprint density at radius 2 is 2.21 bits per heavy atom. The van der Waals surface area contributed by atoms with Gasteiger partial charge in [-0.2, -0.15) is 0 Å². The number of piperidine rings is 1. The van der Waals surface area contributed by atoms with Gasteiger partial charge in [-0.3, -0.25) is 14.7 Å². The molecule has 5 heteroatoms. The first-order valence-electron chi connectivity index (χ1n) is 6.81. The molecule has 1 aromatic heterocycles. The van der Waals surface area contributed by atoms with Crippen molar-refractivity contribution in [3.8, 4) is 0 Å². The van der Waals surface area contributed by atoms with Crippen LogP contribution in [0.1, 0.15) is 25.0 Å². The van der Waals surface area contributed by atoms with Crippen LogP contribution in [0.2, 0.25) is 0 Å². The number of aromatic nitrogens is 1. The van der Waals surface area contributed by atoms with Gasteiger partial charge in [-0.1, -0.05) is 6.07 Å². The van der Waals surface area contributed by atoms with E-state index in [1.807, 2.05) is 18.3 Å². The number of nitrogens with one attached hydrogen (secondary N) is 1. The summed E-state index contributed by atoms with van der Waals surface area (Å²) in [6.45, 7) is 3.56. The van der Waals surface area contributed by atoms with Crippen molar-refractivity contribution >= 4 is 5.97 Å². The number of hydrogen-bond acceptors (Lipinski definition) is 4. The molecule has 0 radical (unpaired) electrons. The summed E-state index contributed by atoms with van der Waals surface area (Å²) in [6, 6.07) is 6.46. The van der Waals surface area contributed by atoms with Crippen LogP contribution in [0.5, 0.6) is 0 Å². The molecule has 2 N–H and O–H groups in total. The lowest BCUT2D eigenvalue weighted by molar-refractivity contribution is -0.136. The average molecular weight is 263 g/mol. The Kier molecular flexibility index (Phi) is 5.30. The average Bonchev–Trinajstić information content (AvgIpc) is 2.42. The summed E-state index contributed by atoms with van der Waals surface area (Å²) in [6.07, 6.45) is 4.18. The summed E-state index contributed by atoms with van der Waals surface area (Å²) < 4.78 is 0. The van der Waals surface area contributed by atoms with Crippen molar-refractivity contribution in [3.05, 3.63) is 30.1 Å². The fraction of sp³-hybridized carbons (Fsp3) is 0.571. The van der Waals surface area contributed by atoms with Crippen molar-refractivity contribution < 1.29 is 9.90 Å². The number of rotatable bonds is 6. The second kappa shape index (κ2) is 7.21. The number of aliphatic carboxylic acids is 1. The van der Waals surface area contributed by atoms with Gasteiger partial charge < -0.3 is 10.4 Å². The molecule has 1 aliphatic heterocycles. The summed E-state index contributed by atoms with van der Waals surface area (Å²) in [5.41, 5.74) is 1.11. The summed E-state index contributed by atoms with van der Waals surface area (Å²) in [5, 5.41) is 11.9. The fourth-order valence-electron chi connectivity index (χ4n) is 2.40. The van der Waals surface area contributed by atoms with Crippen molar-refractivity contribution in [2.75, 3.05) is 19.6 Å². The highest BCUT2D eigenvalue weighted by Crippen LogP contribution is 2.12. The highest BCUT2D eigenvalue weighted by Gasteiger charge is 2.18. The van der Waals surface area contributed by atoms with Gasteiger partial charge in [0.05, 0.1) is 12.1 Å². The number of hydrogen-bond donors (Lipinski definition) is 2. The second-order valence-corrected chi connectivity index (χ2v) is 4.97. The molecule has 1 aliphatic rings. The zero-order chi connectivity index (χ0) is 13.5. The molecule has 104 valence electrons. The van der Waals surface area contributed by atoms with Gasteiger partial charge in [0.2, 0.25) is 0 Å². The molecule has 0 aliphatic carbocycles. The van der Waals surface area contributed by atoms with Crippen LogP contribution in [0.3, 0.4) is 0 Å². The Bertz CT molecular complexity index is 389. The van der Waals surface area contributed by atoms with Crippen LogP contribution in [0.15, 0.2) is 24.4 Å². The van der Waals surface area contributed by atoms with Crippen LogP contribution < -0.4 is 5.32 Å². The molecule has 0 bridgehead atoms. The fourth-order valence-corrected chi connectivity index (χ4v) is 2.40. The van der Waals surface area contributed by atoms with Crippen LogP contribution >= 0.6 is 0 Å². The molecule has 5 nitrogen and oxygen atoms in total. The predicted octanol–water partition coefficient (Wildman–Crippen LogP) is 1.11. The van der Waals surface area contributed by atoms with Crippen molar-refractivity contribution in [2.24, 2.45) is 0 Å². The number of carboxylic acid groups (broad SMARTS) is 1. The number of likely N-dealkylation sites (tertiary alicyclic amines) is 1. The maximum atomic E-state index is 10.4. The number of nitrogens with zero attached hydrogens (tertiary/aromatic N) is 2. The first-order chi connectivity index (χ1) is 9.24. The predicted molar refractivity (Wildman–Crippen MR) is 72.8 cm³/mol. The third-order valence-electron chi connectivity index (χ3n) is 3.47. The molecular formula is C14H21N3O2. The van der Waals surface area contributed by atoms with Crippen LogP contribution in [-0.2, 0) is 11.3 Å². The van der Waals surface area contributed by atoms with Crippen LogP contribution in [0.4, 0.5) is 0 Å². The van der Waals surface area contributed by atoms with Crippen LogP contribution in [0, 0.1) is 0 Å². The van der Waals surface area contributed by atoms with Crippen molar-refractivity contribution in [1.82, 2.24) is 15.2 Å². The van der Waals surface area contributed by atoms with Gasteiger partial charge in [0.25, 0.3) is 0 Å². The molecule has 0 amide bonds. The minimum atomic E-state index is -0.736. The van der Waals surface area contributed by atoms with Gasteiger partial charge in [-0.05, 0) is 25.0 Å². The molecular weight excluding hydrogens is 242 g/mol. The molecule has 0 aromatic carbocycles. The SMILES string of the molecule is O=C(O)CCNC1CCN(Cc2ccccn2)CC1. The lowest BCUT2D eigenvalue weighted by Crippen LogP contribution is -2.42. The van der Waals surface area contributed by atoms with E-state index in [0.29, 0.717) is 12.6 Å². The molecule has 0 unspecified atom stereocenters. The zero-order valence-electron chi connectivity index (χ0n) is 11.1. The molecule has 19 heavy (non-hydrogen) atoms. The second-order valence-electron chi connectivity index (χ2n) is 4.97. The molecule has 2 heterocycles. The molecule has 2 rings (SSSR count). The molecule has 0 atom stereocenters. The van der Waals surface area contributed by atoms with Gasteiger partial charge >= 0.3 is 5.97 Å². The van der Waals surface area contributed by atoms with Gasteiger partial charge in [0.1, 0.15) is 0 Å². The van der Waals surface area contributed by atoms with E-state index in [4.69, 9.17) is 5.11 Å².